The van der Waals surface area contributed by atoms with Crippen molar-refractivity contribution in [1.29, 1.82) is 0 Å². The molecule has 1 aliphatic rings. The second kappa shape index (κ2) is 6.23. The zero-order valence-corrected chi connectivity index (χ0v) is 13.8. The van der Waals surface area contributed by atoms with Crippen molar-refractivity contribution in [3.8, 4) is 11.4 Å². The summed E-state index contributed by atoms with van der Waals surface area (Å²) in [7, 11) is 0. The van der Waals surface area contributed by atoms with Crippen molar-refractivity contribution in [2.45, 2.75) is 12.0 Å². The van der Waals surface area contributed by atoms with Crippen molar-refractivity contribution in [2.24, 2.45) is 0 Å². The van der Waals surface area contributed by atoms with Crippen molar-refractivity contribution >= 4 is 15.9 Å². The number of nitrogens with zero attached hydrogens (tertiary/aromatic N) is 2. The van der Waals surface area contributed by atoms with E-state index in [2.05, 4.69) is 49.1 Å². The minimum Gasteiger partial charge on any atom is -0.339 e. The van der Waals surface area contributed by atoms with E-state index in [1.165, 1.54) is 5.56 Å². The predicted octanol–water partition coefficient (Wildman–Crippen LogP) is 3.43. The molecule has 2 unspecified atom stereocenters. The molecular formula is C17H15BrN4O. The average Bonchev–Trinajstić information content (AvgIpc) is 3.25. The predicted molar refractivity (Wildman–Crippen MR) is 90.5 cm³/mol. The maximum absolute atomic E-state index is 5.53. The van der Waals surface area contributed by atoms with Gasteiger partial charge in [0, 0.05) is 16.6 Å². The molecule has 0 amide bonds. The minimum absolute atomic E-state index is 0.106. The van der Waals surface area contributed by atoms with Gasteiger partial charge in [-0.3, -0.25) is 5.43 Å². The molecule has 2 atom stereocenters. The summed E-state index contributed by atoms with van der Waals surface area (Å²) < 4.78 is 6.56. The zero-order valence-electron chi connectivity index (χ0n) is 12.2. The molecule has 0 radical (unpaired) electrons. The van der Waals surface area contributed by atoms with Gasteiger partial charge in [-0.05, 0) is 29.8 Å². The Balaban J connectivity index is 1.62. The first-order chi connectivity index (χ1) is 11.3. The fourth-order valence-corrected chi connectivity index (χ4v) is 3.07. The molecule has 0 bridgehead atoms. The van der Waals surface area contributed by atoms with Crippen LogP contribution in [0.15, 0.2) is 63.6 Å². The molecule has 2 N–H and O–H groups in total. The van der Waals surface area contributed by atoms with E-state index in [4.69, 9.17) is 4.52 Å². The summed E-state index contributed by atoms with van der Waals surface area (Å²) >= 11 is 3.43. The standard InChI is InChI=1S/C17H15BrN4O/c18-13-8-6-12(7-9-13)16-20-17(23-22-16)14-10-19-21-15(14)11-4-2-1-3-5-11/h1-9,14-15,19,21H,10H2. The Morgan fingerprint density at radius 2 is 1.83 bits per heavy atom. The van der Waals surface area contributed by atoms with E-state index >= 15 is 0 Å². The molecule has 5 nitrogen and oxygen atoms in total. The quantitative estimate of drug-likeness (QED) is 0.739. The monoisotopic (exact) mass is 370 g/mol. The summed E-state index contributed by atoms with van der Waals surface area (Å²) in [6.07, 6.45) is 0. The molecule has 2 aromatic carbocycles. The van der Waals surface area contributed by atoms with E-state index in [1.807, 2.05) is 42.5 Å². The first-order valence-corrected chi connectivity index (χ1v) is 8.23. The highest BCUT2D eigenvalue weighted by molar-refractivity contribution is 9.10. The van der Waals surface area contributed by atoms with E-state index in [0.29, 0.717) is 11.7 Å². The molecule has 4 rings (SSSR count). The normalized spacial score (nSPS) is 20.7. The Labute approximate surface area is 142 Å². The lowest BCUT2D eigenvalue weighted by molar-refractivity contribution is 0.347. The van der Waals surface area contributed by atoms with Gasteiger partial charge in [0.25, 0.3) is 0 Å². The van der Waals surface area contributed by atoms with Gasteiger partial charge in [0.1, 0.15) is 0 Å². The Bertz CT molecular complexity index is 788. The van der Waals surface area contributed by atoms with E-state index < -0.39 is 0 Å². The van der Waals surface area contributed by atoms with Gasteiger partial charge in [-0.25, -0.2) is 5.43 Å². The third-order valence-electron chi connectivity index (χ3n) is 4.00. The van der Waals surface area contributed by atoms with Crippen LogP contribution in [0.4, 0.5) is 0 Å². The highest BCUT2D eigenvalue weighted by atomic mass is 79.9. The lowest BCUT2D eigenvalue weighted by Crippen LogP contribution is -2.24. The number of halogens is 1. The molecule has 1 saturated heterocycles. The highest BCUT2D eigenvalue weighted by Gasteiger charge is 2.33. The summed E-state index contributed by atoms with van der Waals surface area (Å²) in [5.74, 6) is 1.37. The smallest absolute Gasteiger partial charge is 0.233 e. The molecular weight excluding hydrogens is 356 g/mol. The van der Waals surface area contributed by atoms with Crippen LogP contribution in [-0.4, -0.2) is 16.7 Å². The summed E-state index contributed by atoms with van der Waals surface area (Å²) in [6, 6.07) is 18.3. The first-order valence-electron chi connectivity index (χ1n) is 7.44. The van der Waals surface area contributed by atoms with Crippen LogP contribution in [0.5, 0.6) is 0 Å². The first kappa shape index (κ1) is 14.6. The number of hydrogen-bond donors (Lipinski definition) is 2. The lowest BCUT2D eigenvalue weighted by atomic mass is 9.95. The van der Waals surface area contributed by atoms with Crippen molar-refractivity contribution in [2.75, 3.05) is 6.54 Å². The van der Waals surface area contributed by atoms with E-state index in [-0.39, 0.29) is 12.0 Å². The topological polar surface area (TPSA) is 63.0 Å². The van der Waals surface area contributed by atoms with Crippen LogP contribution in [0.1, 0.15) is 23.4 Å². The number of hydrogen-bond acceptors (Lipinski definition) is 5. The number of aromatic nitrogens is 2. The SMILES string of the molecule is Brc1ccc(-c2noc(C3CNNC3c3ccccc3)n2)cc1. The molecule has 2 heterocycles. The summed E-state index contributed by atoms with van der Waals surface area (Å²) in [4.78, 5) is 4.59. The molecule has 116 valence electrons. The summed E-state index contributed by atoms with van der Waals surface area (Å²) in [5.41, 5.74) is 8.63. The molecule has 0 spiro atoms. The summed E-state index contributed by atoms with van der Waals surface area (Å²) in [6.45, 7) is 0.752. The number of benzene rings is 2. The molecule has 1 aliphatic heterocycles. The van der Waals surface area contributed by atoms with Gasteiger partial charge < -0.3 is 4.52 Å². The third-order valence-corrected chi connectivity index (χ3v) is 4.53. The Morgan fingerprint density at radius 1 is 1.04 bits per heavy atom. The number of rotatable bonds is 3. The summed E-state index contributed by atoms with van der Waals surface area (Å²) in [5, 5.41) is 4.13. The van der Waals surface area contributed by atoms with E-state index in [1.54, 1.807) is 0 Å². The van der Waals surface area contributed by atoms with Crippen molar-refractivity contribution < 1.29 is 4.52 Å². The van der Waals surface area contributed by atoms with Crippen LogP contribution in [-0.2, 0) is 0 Å². The van der Waals surface area contributed by atoms with Gasteiger partial charge in [-0.1, -0.05) is 51.4 Å². The molecule has 23 heavy (non-hydrogen) atoms. The molecule has 0 saturated carbocycles. The molecule has 0 aliphatic carbocycles. The molecule has 1 aromatic heterocycles. The van der Waals surface area contributed by atoms with Crippen LogP contribution >= 0.6 is 15.9 Å². The van der Waals surface area contributed by atoms with Crippen molar-refractivity contribution in [1.82, 2.24) is 21.0 Å². The Morgan fingerprint density at radius 3 is 2.61 bits per heavy atom. The third kappa shape index (κ3) is 2.93. The fourth-order valence-electron chi connectivity index (χ4n) is 2.81. The Kier molecular flexibility index (Phi) is 3.95. The average molecular weight is 371 g/mol. The second-order valence-electron chi connectivity index (χ2n) is 5.48. The van der Waals surface area contributed by atoms with Gasteiger partial charge in [0.05, 0.1) is 12.0 Å². The van der Waals surface area contributed by atoms with Crippen LogP contribution in [0.2, 0.25) is 0 Å². The maximum Gasteiger partial charge on any atom is 0.233 e. The van der Waals surface area contributed by atoms with Gasteiger partial charge >= 0.3 is 0 Å². The Hall–Kier alpha value is -2.02. The van der Waals surface area contributed by atoms with Gasteiger partial charge in [0.2, 0.25) is 11.7 Å². The highest BCUT2D eigenvalue weighted by Crippen LogP contribution is 2.33. The zero-order chi connectivity index (χ0) is 15.6. The van der Waals surface area contributed by atoms with Crippen LogP contribution < -0.4 is 10.9 Å². The van der Waals surface area contributed by atoms with Crippen molar-refractivity contribution in [3.05, 3.63) is 70.5 Å². The van der Waals surface area contributed by atoms with Crippen molar-refractivity contribution in [3.63, 3.8) is 0 Å². The minimum atomic E-state index is 0.106. The van der Waals surface area contributed by atoms with Crippen LogP contribution in [0, 0.1) is 0 Å². The van der Waals surface area contributed by atoms with Crippen LogP contribution in [0.3, 0.4) is 0 Å². The van der Waals surface area contributed by atoms with E-state index in [9.17, 15) is 0 Å². The van der Waals surface area contributed by atoms with E-state index in [0.717, 1.165) is 16.6 Å². The largest absolute Gasteiger partial charge is 0.339 e. The van der Waals surface area contributed by atoms with Gasteiger partial charge in [-0.15, -0.1) is 0 Å². The number of nitrogens with one attached hydrogen (secondary N) is 2. The fraction of sp³-hybridized carbons (Fsp3) is 0.176. The van der Waals surface area contributed by atoms with Crippen LogP contribution in [0.25, 0.3) is 11.4 Å². The lowest BCUT2D eigenvalue weighted by Gasteiger charge is -2.15. The second-order valence-corrected chi connectivity index (χ2v) is 6.40. The molecule has 1 fully saturated rings. The molecule has 6 heteroatoms. The van der Waals surface area contributed by atoms with Gasteiger partial charge in [-0.2, -0.15) is 4.98 Å². The number of hydrazine groups is 1. The van der Waals surface area contributed by atoms with Gasteiger partial charge in [0.15, 0.2) is 0 Å². The molecule has 3 aromatic rings. The maximum atomic E-state index is 5.53.